The first-order chi connectivity index (χ1) is 22.5. The third-order valence-electron chi connectivity index (χ3n) is 8.22. The van der Waals surface area contributed by atoms with Crippen LogP contribution in [0, 0.1) is 11.3 Å². The molecule has 3 aromatic rings. The maximum atomic E-state index is 13.7. The molecule has 1 aliphatic rings. The minimum atomic E-state index is -4.67. The molecule has 13 nitrogen and oxygen atoms in total. The SMILES string of the molecule is COC(=O)C1=C(C)N(c2cccc(C(F)(F)F)c2)c2n[nH]c(=O)n2[C@@H]1c1ccc(C#N)cc1CCC[N+](C)(CC(=O)O)CC(=O)N(C)C. The predicted molar refractivity (Wildman–Crippen MR) is 166 cm³/mol. The number of hydrogen-bond donors (Lipinski definition) is 2. The van der Waals surface area contributed by atoms with Gasteiger partial charge in [-0.3, -0.25) is 9.69 Å². The molecule has 2 N–H and O–H groups in total. The highest BCUT2D eigenvalue weighted by Gasteiger charge is 2.41. The predicted octanol–water partition coefficient (Wildman–Crippen LogP) is 3.20. The summed E-state index contributed by atoms with van der Waals surface area (Å²) in [7, 11) is 5.94. The Balaban J connectivity index is 1.85. The number of rotatable bonds is 11. The molecule has 1 aliphatic heterocycles. The Morgan fingerprint density at radius 3 is 2.48 bits per heavy atom. The number of carbonyl (C=O) groups is 3. The molecule has 4 rings (SSSR count). The maximum Gasteiger partial charge on any atom is 0.416 e. The Morgan fingerprint density at radius 1 is 1.17 bits per heavy atom. The second kappa shape index (κ2) is 13.7. The van der Waals surface area contributed by atoms with E-state index >= 15 is 0 Å². The normalized spacial score (nSPS) is 15.7. The monoisotopic (exact) mass is 670 g/mol. The number of quaternary nitrogens is 1. The van der Waals surface area contributed by atoms with E-state index in [-0.39, 0.29) is 64.9 Å². The van der Waals surface area contributed by atoms with Crippen LogP contribution in [0.5, 0.6) is 0 Å². The van der Waals surface area contributed by atoms with Gasteiger partial charge in [0.15, 0.2) is 13.1 Å². The first-order valence-electron chi connectivity index (χ1n) is 14.7. The minimum absolute atomic E-state index is 0.00904. The number of anilines is 2. The van der Waals surface area contributed by atoms with Gasteiger partial charge in [0, 0.05) is 31.9 Å². The van der Waals surface area contributed by atoms with E-state index in [0.29, 0.717) is 17.5 Å². The Morgan fingerprint density at radius 2 is 1.88 bits per heavy atom. The summed E-state index contributed by atoms with van der Waals surface area (Å²) in [6, 6.07) is 9.95. The molecular formula is C32H35F3N7O6+. The number of benzene rings is 2. The van der Waals surface area contributed by atoms with Gasteiger partial charge in [0.05, 0.1) is 43.5 Å². The minimum Gasteiger partial charge on any atom is -0.477 e. The number of hydrogen-bond acceptors (Lipinski definition) is 8. The van der Waals surface area contributed by atoms with Crippen molar-refractivity contribution in [2.24, 2.45) is 0 Å². The van der Waals surface area contributed by atoms with Crippen molar-refractivity contribution in [2.75, 3.05) is 52.8 Å². The number of aromatic nitrogens is 3. The first kappa shape index (κ1) is 35.4. The summed E-state index contributed by atoms with van der Waals surface area (Å²) in [6.45, 7) is 1.37. The molecule has 16 heteroatoms. The molecule has 0 radical (unpaired) electrons. The average molecular weight is 671 g/mol. The van der Waals surface area contributed by atoms with Crippen molar-refractivity contribution < 1.29 is 41.9 Å². The Labute approximate surface area is 273 Å². The van der Waals surface area contributed by atoms with Crippen molar-refractivity contribution in [1.29, 1.82) is 5.26 Å². The molecule has 0 fully saturated rings. The zero-order chi connectivity index (χ0) is 35.6. The number of alkyl halides is 3. The number of aryl methyl sites for hydroxylation is 1. The molecule has 254 valence electrons. The van der Waals surface area contributed by atoms with Crippen LogP contribution in [-0.2, 0) is 31.7 Å². The Hall–Kier alpha value is -5.43. The van der Waals surface area contributed by atoms with E-state index in [4.69, 9.17) is 4.74 Å². The smallest absolute Gasteiger partial charge is 0.416 e. The molecule has 0 aliphatic carbocycles. The van der Waals surface area contributed by atoms with Crippen molar-refractivity contribution >= 4 is 29.5 Å². The van der Waals surface area contributed by atoms with E-state index in [1.807, 2.05) is 0 Å². The molecule has 1 aromatic heterocycles. The molecule has 1 amide bonds. The Bertz CT molecular complexity index is 1870. The summed E-state index contributed by atoms with van der Waals surface area (Å²) in [6.07, 6.45) is -4.07. The number of ether oxygens (including phenoxy) is 1. The van der Waals surface area contributed by atoms with E-state index in [1.54, 1.807) is 33.3 Å². The number of carboxylic acid groups (broad SMARTS) is 1. The molecule has 2 heterocycles. The van der Waals surface area contributed by atoms with Crippen molar-refractivity contribution in [3.05, 3.63) is 86.5 Å². The van der Waals surface area contributed by atoms with Crippen LogP contribution in [0.15, 0.2) is 58.5 Å². The summed E-state index contributed by atoms with van der Waals surface area (Å²) < 4.78 is 47.1. The first-order valence-corrected chi connectivity index (χ1v) is 14.7. The molecule has 1 unspecified atom stereocenters. The Kier molecular flexibility index (Phi) is 10.1. The van der Waals surface area contributed by atoms with Crippen LogP contribution in [0.3, 0.4) is 0 Å². The fourth-order valence-corrected chi connectivity index (χ4v) is 5.90. The lowest BCUT2D eigenvalue weighted by Gasteiger charge is -2.36. The zero-order valence-corrected chi connectivity index (χ0v) is 27.0. The van der Waals surface area contributed by atoms with Crippen LogP contribution in [0.1, 0.15) is 41.6 Å². The second-order valence-corrected chi connectivity index (χ2v) is 11.9. The van der Waals surface area contributed by atoms with E-state index in [1.165, 1.54) is 34.9 Å². The van der Waals surface area contributed by atoms with Crippen LogP contribution >= 0.6 is 0 Å². The van der Waals surface area contributed by atoms with E-state index in [9.17, 15) is 42.7 Å². The third kappa shape index (κ3) is 7.26. The summed E-state index contributed by atoms with van der Waals surface area (Å²) in [4.78, 5) is 53.7. The number of esters is 1. The molecule has 48 heavy (non-hydrogen) atoms. The quantitative estimate of drug-likeness (QED) is 0.231. The molecule has 2 aromatic carbocycles. The molecule has 0 saturated heterocycles. The topological polar surface area (TPSA) is 162 Å². The second-order valence-electron chi connectivity index (χ2n) is 11.9. The highest BCUT2D eigenvalue weighted by atomic mass is 19.4. The number of aliphatic carboxylic acids is 1. The number of methoxy groups -OCH3 is 1. The van der Waals surface area contributed by atoms with Gasteiger partial charge in [0.1, 0.15) is 6.04 Å². The van der Waals surface area contributed by atoms with Crippen LogP contribution < -0.4 is 10.6 Å². The van der Waals surface area contributed by atoms with E-state index < -0.39 is 35.4 Å². The fraction of sp³-hybridized carbons (Fsp3) is 0.375. The molecule has 2 atom stereocenters. The van der Waals surface area contributed by atoms with Crippen LogP contribution in [-0.4, -0.2) is 95.0 Å². The van der Waals surface area contributed by atoms with Crippen LogP contribution in [0.25, 0.3) is 0 Å². The largest absolute Gasteiger partial charge is 0.477 e. The molecule has 0 saturated carbocycles. The number of nitriles is 1. The number of carboxylic acids is 1. The third-order valence-corrected chi connectivity index (χ3v) is 8.22. The van der Waals surface area contributed by atoms with Crippen LogP contribution in [0.4, 0.5) is 24.8 Å². The highest BCUT2D eigenvalue weighted by molar-refractivity contribution is 5.93. The number of amides is 1. The van der Waals surface area contributed by atoms with Gasteiger partial charge in [0.2, 0.25) is 5.95 Å². The standard InChI is InChI=1S/C32H34F3N7O6/c1-19-27(29(46)48-5)28(41-30(37-38-31(41)47)40(19)23-10-6-9-22(15-23)32(33,34)35)24-12-11-20(16-36)14-21(24)8-7-13-42(4,18-26(44)45)17-25(43)39(2)3/h6,9-12,14-15,28H,7-8,13,17-18H2,1-5H3,(H-,38,44,45,47)/p+1/t28-,42?/m1/s1. The van der Waals surface area contributed by atoms with E-state index in [0.717, 1.165) is 23.8 Å². The average Bonchev–Trinajstić information content (AvgIpc) is 3.39. The number of halogens is 3. The number of likely N-dealkylation sites (N-methyl/N-ethyl adjacent to an activating group) is 2. The lowest BCUT2D eigenvalue weighted by molar-refractivity contribution is -0.895. The van der Waals surface area contributed by atoms with Crippen molar-refractivity contribution in [1.82, 2.24) is 19.7 Å². The number of carbonyl (C=O) groups excluding carboxylic acids is 2. The number of nitrogens with one attached hydrogen (secondary N) is 1. The highest BCUT2D eigenvalue weighted by Crippen LogP contribution is 2.43. The van der Waals surface area contributed by atoms with Gasteiger partial charge < -0.3 is 19.2 Å². The molecular weight excluding hydrogens is 635 g/mol. The number of H-pyrrole nitrogens is 1. The van der Waals surface area contributed by atoms with Crippen molar-refractivity contribution in [2.45, 2.75) is 32.0 Å². The zero-order valence-electron chi connectivity index (χ0n) is 27.0. The summed E-state index contributed by atoms with van der Waals surface area (Å²) in [5.41, 5.74) is -0.385. The lowest BCUT2D eigenvalue weighted by atomic mass is 9.88. The lowest BCUT2D eigenvalue weighted by Crippen LogP contribution is -2.53. The maximum absolute atomic E-state index is 13.7. The van der Waals surface area contributed by atoms with Gasteiger partial charge in [-0.25, -0.2) is 24.0 Å². The van der Waals surface area contributed by atoms with Crippen molar-refractivity contribution in [3.63, 3.8) is 0 Å². The number of aromatic amines is 1. The summed E-state index contributed by atoms with van der Waals surface area (Å²) >= 11 is 0. The van der Waals surface area contributed by atoms with E-state index in [2.05, 4.69) is 16.3 Å². The number of nitrogens with zero attached hydrogens (tertiary/aromatic N) is 6. The van der Waals surface area contributed by atoms with Gasteiger partial charge in [-0.2, -0.15) is 18.4 Å². The molecule has 0 spiro atoms. The van der Waals surface area contributed by atoms with Gasteiger partial charge in [-0.1, -0.05) is 12.1 Å². The van der Waals surface area contributed by atoms with Crippen molar-refractivity contribution in [3.8, 4) is 6.07 Å². The summed E-state index contributed by atoms with van der Waals surface area (Å²) in [5, 5.41) is 25.7. The summed E-state index contributed by atoms with van der Waals surface area (Å²) in [5.74, 6) is -2.28. The van der Waals surface area contributed by atoms with Crippen LogP contribution in [0.2, 0.25) is 0 Å². The van der Waals surface area contributed by atoms with Gasteiger partial charge in [-0.05, 0) is 54.8 Å². The number of fused-ring (bicyclic) bond motifs is 1. The number of allylic oxidation sites excluding steroid dienone is 1. The fourth-order valence-electron chi connectivity index (χ4n) is 5.90. The van der Waals surface area contributed by atoms with Gasteiger partial charge in [0.25, 0.3) is 5.91 Å². The van der Waals surface area contributed by atoms with Gasteiger partial charge >= 0.3 is 23.8 Å². The molecule has 0 bridgehead atoms. The van der Waals surface area contributed by atoms with Gasteiger partial charge in [-0.15, -0.1) is 5.10 Å².